The minimum absolute atomic E-state index is 0.0177. The van der Waals surface area contributed by atoms with Crippen LogP contribution in [0.25, 0.3) is 0 Å². The van der Waals surface area contributed by atoms with Gasteiger partial charge < -0.3 is 20.7 Å². The van der Waals surface area contributed by atoms with E-state index in [2.05, 4.69) is 5.32 Å². The summed E-state index contributed by atoms with van der Waals surface area (Å²) >= 11 is 0. The van der Waals surface area contributed by atoms with Crippen molar-refractivity contribution in [1.82, 2.24) is 10.2 Å². The summed E-state index contributed by atoms with van der Waals surface area (Å²) in [6, 6.07) is 0.219. The summed E-state index contributed by atoms with van der Waals surface area (Å²) < 4.78 is 5.22. The van der Waals surface area contributed by atoms with E-state index in [0.717, 1.165) is 12.8 Å². The van der Waals surface area contributed by atoms with Crippen molar-refractivity contribution in [2.45, 2.75) is 18.9 Å². The molecule has 0 saturated carbocycles. The van der Waals surface area contributed by atoms with E-state index >= 15 is 0 Å². The van der Waals surface area contributed by atoms with Crippen molar-refractivity contribution in [2.24, 2.45) is 5.73 Å². The van der Waals surface area contributed by atoms with Crippen molar-refractivity contribution in [3.63, 3.8) is 0 Å². The highest BCUT2D eigenvalue weighted by molar-refractivity contribution is 5.85. The van der Waals surface area contributed by atoms with E-state index in [4.69, 9.17) is 10.5 Å². The molecule has 0 atom stereocenters. The Morgan fingerprint density at radius 2 is 2.06 bits per heavy atom. The molecule has 0 aromatic carbocycles. The van der Waals surface area contributed by atoms with Crippen LogP contribution < -0.4 is 11.1 Å². The van der Waals surface area contributed by atoms with Crippen LogP contribution in [-0.2, 0) is 14.3 Å². The summed E-state index contributed by atoms with van der Waals surface area (Å²) in [4.78, 5) is 24.3. The molecule has 3 N–H and O–H groups in total. The van der Waals surface area contributed by atoms with Crippen molar-refractivity contribution in [3.8, 4) is 0 Å². The van der Waals surface area contributed by atoms with Gasteiger partial charge >= 0.3 is 0 Å². The van der Waals surface area contributed by atoms with Crippen LogP contribution in [0.3, 0.4) is 0 Å². The SMILES string of the molecule is CN(C(=O)CNC(=O)CN)C1CCOCC1. The third-order valence-corrected chi connectivity index (χ3v) is 2.75. The van der Waals surface area contributed by atoms with Gasteiger partial charge in [-0.1, -0.05) is 0 Å². The van der Waals surface area contributed by atoms with Gasteiger partial charge in [0.15, 0.2) is 0 Å². The van der Waals surface area contributed by atoms with Crippen LogP contribution in [0.5, 0.6) is 0 Å². The van der Waals surface area contributed by atoms with Crippen LogP contribution in [0.15, 0.2) is 0 Å². The maximum absolute atomic E-state index is 11.7. The van der Waals surface area contributed by atoms with Crippen molar-refractivity contribution >= 4 is 11.8 Å². The number of nitrogens with two attached hydrogens (primary N) is 1. The Morgan fingerprint density at radius 1 is 1.44 bits per heavy atom. The fourth-order valence-corrected chi connectivity index (χ4v) is 1.65. The van der Waals surface area contributed by atoms with Crippen molar-refractivity contribution in [1.29, 1.82) is 0 Å². The summed E-state index contributed by atoms with van der Waals surface area (Å²) in [7, 11) is 1.76. The number of carbonyl (C=O) groups is 2. The van der Waals surface area contributed by atoms with Crippen LogP contribution in [0.2, 0.25) is 0 Å². The fourth-order valence-electron chi connectivity index (χ4n) is 1.65. The lowest BCUT2D eigenvalue weighted by atomic mass is 10.1. The van der Waals surface area contributed by atoms with Gasteiger partial charge in [-0.05, 0) is 12.8 Å². The molecule has 0 unspecified atom stereocenters. The van der Waals surface area contributed by atoms with Crippen LogP contribution in [0.4, 0.5) is 0 Å². The van der Waals surface area contributed by atoms with Gasteiger partial charge in [-0.2, -0.15) is 0 Å². The second-order valence-corrected chi connectivity index (χ2v) is 3.83. The summed E-state index contributed by atoms with van der Waals surface area (Å²) in [6.45, 7) is 1.31. The zero-order valence-electron chi connectivity index (χ0n) is 9.57. The molecule has 6 heteroatoms. The van der Waals surface area contributed by atoms with Gasteiger partial charge in [0.05, 0.1) is 13.1 Å². The summed E-state index contributed by atoms with van der Waals surface area (Å²) in [5.74, 6) is -0.401. The second kappa shape index (κ2) is 6.44. The number of carbonyl (C=O) groups excluding carboxylic acids is 2. The molecule has 0 aromatic heterocycles. The summed E-state index contributed by atoms with van der Waals surface area (Å²) in [6.07, 6.45) is 1.71. The van der Waals surface area contributed by atoms with Gasteiger partial charge in [-0.3, -0.25) is 9.59 Å². The molecule has 0 bridgehead atoms. The molecule has 1 saturated heterocycles. The third kappa shape index (κ3) is 3.79. The predicted octanol–water partition coefficient (Wildman–Crippen LogP) is -1.30. The molecule has 0 radical (unpaired) electrons. The number of rotatable bonds is 4. The molecule has 1 rings (SSSR count). The topological polar surface area (TPSA) is 84.7 Å². The van der Waals surface area contributed by atoms with Gasteiger partial charge in [-0.15, -0.1) is 0 Å². The molecule has 16 heavy (non-hydrogen) atoms. The van der Waals surface area contributed by atoms with E-state index in [1.165, 1.54) is 0 Å². The zero-order valence-corrected chi connectivity index (χ0v) is 9.57. The van der Waals surface area contributed by atoms with Crippen LogP contribution in [0.1, 0.15) is 12.8 Å². The number of hydrogen-bond donors (Lipinski definition) is 2. The Hall–Kier alpha value is -1.14. The van der Waals surface area contributed by atoms with Gasteiger partial charge in [0.1, 0.15) is 0 Å². The first-order valence-electron chi connectivity index (χ1n) is 5.45. The average Bonchev–Trinajstić information content (AvgIpc) is 2.35. The molecule has 0 spiro atoms. The smallest absolute Gasteiger partial charge is 0.241 e. The highest BCUT2D eigenvalue weighted by Gasteiger charge is 2.22. The van der Waals surface area contributed by atoms with E-state index in [0.29, 0.717) is 13.2 Å². The molecule has 92 valence electrons. The Balaban J connectivity index is 2.31. The lowest BCUT2D eigenvalue weighted by molar-refractivity contribution is -0.134. The van der Waals surface area contributed by atoms with Gasteiger partial charge in [0, 0.05) is 26.3 Å². The largest absolute Gasteiger partial charge is 0.381 e. The first kappa shape index (κ1) is 12.9. The number of ether oxygens (including phenoxy) is 1. The third-order valence-electron chi connectivity index (χ3n) is 2.75. The molecule has 0 aromatic rings. The lowest BCUT2D eigenvalue weighted by Gasteiger charge is -2.31. The molecule has 1 fully saturated rings. The quantitative estimate of drug-likeness (QED) is 0.627. The van der Waals surface area contributed by atoms with Crippen LogP contribution >= 0.6 is 0 Å². The minimum Gasteiger partial charge on any atom is -0.381 e. The zero-order chi connectivity index (χ0) is 12.0. The van der Waals surface area contributed by atoms with Crippen molar-refractivity contribution in [3.05, 3.63) is 0 Å². The Bertz CT molecular complexity index is 252. The number of nitrogens with one attached hydrogen (secondary N) is 1. The Labute approximate surface area is 95.1 Å². The Morgan fingerprint density at radius 3 is 2.62 bits per heavy atom. The molecule has 1 aliphatic heterocycles. The molecule has 6 nitrogen and oxygen atoms in total. The van der Waals surface area contributed by atoms with E-state index in [1.54, 1.807) is 11.9 Å². The minimum atomic E-state index is -0.311. The van der Waals surface area contributed by atoms with E-state index in [-0.39, 0.29) is 30.9 Å². The summed E-state index contributed by atoms with van der Waals surface area (Å²) in [5.41, 5.74) is 5.12. The molecule has 0 aliphatic carbocycles. The maximum atomic E-state index is 11.7. The number of hydrogen-bond acceptors (Lipinski definition) is 4. The van der Waals surface area contributed by atoms with Crippen LogP contribution in [0, 0.1) is 0 Å². The Kier molecular flexibility index (Phi) is 5.21. The second-order valence-electron chi connectivity index (χ2n) is 3.83. The van der Waals surface area contributed by atoms with E-state index in [1.807, 2.05) is 0 Å². The standard InChI is InChI=1S/C10H19N3O3/c1-13(8-2-4-16-5-3-8)10(15)7-12-9(14)6-11/h8H,2-7,11H2,1H3,(H,12,14). The fraction of sp³-hybridized carbons (Fsp3) is 0.800. The summed E-state index contributed by atoms with van der Waals surface area (Å²) in [5, 5.41) is 2.47. The molecular formula is C10H19N3O3. The number of amides is 2. The normalized spacial score (nSPS) is 16.9. The van der Waals surface area contributed by atoms with Crippen molar-refractivity contribution < 1.29 is 14.3 Å². The van der Waals surface area contributed by atoms with Gasteiger partial charge in [0.2, 0.25) is 11.8 Å². The molecule has 1 aliphatic rings. The van der Waals surface area contributed by atoms with Gasteiger partial charge in [0.25, 0.3) is 0 Å². The highest BCUT2D eigenvalue weighted by Crippen LogP contribution is 2.12. The average molecular weight is 229 g/mol. The maximum Gasteiger partial charge on any atom is 0.241 e. The predicted molar refractivity (Wildman–Crippen MR) is 58.7 cm³/mol. The lowest BCUT2D eigenvalue weighted by Crippen LogP contribution is -2.46. The molecular weight excluding hydrogens is 210 g/mol. The number of nitrogens with zero attached hydrogens (tertiary/aromatic N) is 1. The van der Waals surface area contributed by atoms with Gasteiger partial charge in [-0.25, -0.2) is 0 Å². The first-order chi connectivity index (χ1) is 7.65. The van der Waals surface area contributed by atoms with E-state index in [9.17, 15) is 9.59 Å². The molecule has 2 amide bonds. The molecule has 1 heterocycles. The monoisotopic (exact) mass is 229 g/mol. The van der Waals surface area contributed by atoms with E-state index < -0.39 is 0 Å². The highest BCUT2D eigenvalue weighted by atomic mass is 16.5. The van der Waals surface area contributed by atoms with Crippen molar-refractivity contribution in [2.75, 3.05) is 33.4 Å². The first-order valence-corrected chi connectivity index (χ1v) is 5.45. The van der Waals surface area contributed by atoms with Crippen LogP contribution in [-0.4, -0.2) is 56.1 Å². The number of likely N-dealkylation sites (N-methyl/N-ethyl adjacent to an activating group) is 1.